The summed E-state index contributed by atoms with van der Waals surface area (Å²) in [6, 6.07) is 15.2. The molecule has 0 spiro atoms. The van der Waals surface area contributed by atoms with Gasteiger partial charge in [-0.25, -0.2) is 4.98 Å². The van der Waals surface area contributed by atoms with Crippen molar-refractivity contribution in [2.45, 2.75) is 6.10 Å². The highest BCUT2D eigenvalue weighted by molar-refractivity contribution is 5.79. The fraction of sp³-hybridized carbons (Fsp3) is 0.150. The molecule has 1 heterocycles. The van der Waals surface area contributed by atoms with Crippen LogP contribution in [0.3, 0.4) is 0 Å². The fourth-order valence-electron chi connectivity index (χ4n) is 2.64. The monoisotopic (exact) mass is 336 g/mol. The highest BCUT2D eigenvalue weighted by Crippen LogP contribution is 2.35. The van der Waals surface area contributed by atoms with Crippen LogP contribution >= 0.6 is 0 Å². The van der Waals surface area contributed by atoms with E-state index in [1.807, 2.05) is 53.4 Å². The lowest BCUT2D eigenvalue weighted by molar-refractivity contribution is 0.237. The SMILES string of the molecule is COc1ccc(C(O)/C(=C\n2ccnc2)c2ccccc2)cc1OC. The van der Waals surface area contributed by atoms with Crippen molar-refractivity contribution in [1.29, 1.82) is 0 Å². The highest BCUT2D eigenvalue weighted by atomic mass is 16.5. The Bertz CT molecular complexity index is 843. The molecule has 0 fully saturated rings. The van der Waals surface area contributed by atoms with Gasteiger partial charge in [0.2, 0.25) is 0 Å². The van der Waals surface area contributed by atoms with Gasteiger partial charge in [-0.2, -0.15) is 0 Å². The van der Waals surface area contributed by atoms with Gasteiger partial charge in [-0.15, -0.1) is 0 Å². The second-order valence-electron chi connectivity index (χ2n) is 5.48. The summed E-state index contributed by atoms with van der Waals surface area (Å²) in [4.78, 5) is 4.05. The Labute approximate surface area is 146 Å². The Hall–Kier alpha value is -3.05. The lowest BCUT2D eigenvalue weighted by atomic mass is 9.95. The van der Waals surface area contributed by atoms with Crippen LogP contribution in [0, 0.1) is 0 Å². The second kappa shape index (κ2) is 7.68. The number of imidazole rings is 1. The normalized spacial score (nSPS) is 12.7. The van der Waals surface area contributed by atoms with Crippen molar-refractivity contribution in [3.8, 4) is 11.5 Å². The maximum Gasteiger partial charge on any atom is 0.161 e. The molecule has 3 aromatic rings. The third kappa shape index (κ3) is 3.72. The Morgan fingerprint density at radius 1 is 1.08 bits per heavy atom. The van der Waals surface area contributed by atoms with Gasteiger partial charge < -0.3 is 19.1 Å². The van der Waals surface area contributed by atoms with Crippen LogP contribution in [-0.2, 0) is 0 Å². The molecule has 0 aliphatic carbocycles. The topological polar surface area (TPSA) is 56.5 Å². The predicted octanol–water partition coefficient (Wildman–Crippen LogP) is 3.63. The molecule has 0 bridgehead atoms. The first-order valence-corrected chi connectivity index (χ1v) is 7.87. The first kappa shape index (κ1) is 16.8. The minimum absolute atomic E-state index is 0.578. The zero-order valence-electron chi connectivity index (χ0n) is 14.2. The fourth-order valence-corrected chi connectivity index (χ4v) is 2.64. The number of aliphatic hydroxyl groups is 1. The number of hydrogen-bond acceptors (Lipinski definition) is 4. The summed E-state index contributed by atoms with van der Waals surface area (Å²) in [5.41, 5.74) is 2.40. The van der Waals surface area contributed by atoms with Crippen molar-refractivity contribution in [3.05, 3.63) is 78.4 Å². The van der Waals surface area contributed by atoms with Crippen LogP contribution in [0.2, 0.25) is 0 Å². The van der Waals surface area contributed by atoms with Crippen LogP contribution in [-0.4, -0.2) is 28.9 Å². The molecule has 25 heavy (non-hydrogen) atoms. The van der Waals surface area contributed by atoms with Gasteiger partial charge in [0, 0.05) is 24.2 Å². The van der Waals surface area contributed by atoms with E-state index in [9.17, 15) is 5.11 Å². The van der Waals surface area contributed by atoms with Crippen molar-refractivity contribution in [2.24, 2.45) is 0 Å². The summed E-state index contributed by atoms with van der Waals surface area (Å²) in [6.07, 6.45) is 6.24. The molecular formula is C20H20N2O3. The lowest BCUT2D eigenvalue weighted by Gasteiger charge is -2.18. The van der Waals surface area contributed by atoms with Gasteiger partial charge in [0.1, 0.15) is 6.10 Å². The van der Waals surface area contributed by atoms with Crippen LogP contribution in [0.4, 0.5) is 0 Å². The molecule has 1 aromatic heterocycles. The molecule has 1 unspecified atom stereocenters. The van der Waals surface area contributed by atoms with Gasteiger partial charge in [0.05, 0.1) is 20.5 Å². The molecule has 5 heteroatoms. The van der Waals surface area contributed by atoms with Crippen molar-refractivity contribution in [1.82, 2.24) is 9.55 Å². The molecule has 0 saturated carbocycles. The van der Waals surface area contributed by atoms with Gasteiger partial charge in [0.15, 0.2) is 11.5 Å². The zero-order chi connectivity index (χ0) is 17.6. The minimum Gasteiger partial charge on any atom is -0.493 e. The summed E-state index contributed by atoms with van der Waals surface area (Å²) in [7, 11) is 3.16. The number of methoxy groups -OCH3 is 2. The number of aliphatic hydroxyl groups excluding tert-OH is 1. The van der Waals surface area contributed by atoms with Crippen LogP contribution < -0.4 is 9.47 Å². The van der Waals surface area contributed by atoms with E-state index in [2.05, 4.69) is 4.98 Å². The lowest BCUT2D eigenvalue weighted by Crippen LogP contribution is -2.03. The molecule has 5 nitrogen and oxygen atoms in total. The zero-order valence-corrected chi connectivity index (χ0v) is 14.2. The molecule has 0 aliphatic rings. The third-order valence-corrected chi connectivity index (χ3v) is 3.94. The molecule has 1 atom stereocenters. The van der Waals surface area contributed by atoms with E-state index >= 15 is 0 Å². The molecule has 128 valence electrons. The summed E-state index contributed by atoms with van der Waals surface area (Å²) in [5, 5.41) is 11.0. The van der Waals surface area contributed by atoms with Crippen LogP contribution in [0.5, 0.6) is 11.5 Å². The average molecular weight is 336 g/mol. The summed E-state index contributed by atoms with van der Waals surface area (Å²) >= 11 is 0. The molecule has 2 aromatic carbocycles. The van der Waals surface area contributed by atoms with Crippen molar-refractivity contribution >= 4 is 11.8 Å². The minimum atomic E-state index is -0.829. The maximum atomic E-state index is 11.0. The first-order chi connectivity index (χ1) is 12.2. The number of nitrogens with zero attached hydrogens (tertiary/aromatic N) is 2. The van der Waals surface area contributed by atoms with Crippen molar-refractivity contribution in [2.75, 3.05) is 14.2 Å². The number of ether oxygens (including phenoxy) is 2. The van der Waals surface area contributed by atoms with Crippen molar-refractivity contribution in [3.63, 3.8) is 0 Å². The average Bonchev–Trinajstić information content (AvgIpc) is 3.19. The molecule has 0 radical (unpaired) electrons. The van der Waals surface area contributed by atoms with E-state index in [-0.39, 0.29) is 0 Å². The predicted molar refractivity (Wildman–Crippen MR) is 97.3 cm³/mol. The summed E-state index contributed by atoms with van der Waals surface area (Å²) in [6.45, 7) is 0. The first-order valence-electron chi connectivity index (χ1n) is 7.87. The van der Waals surface area contributed by atoms with Crippen molar-refractivity contribution < 1.29 is 14.6 Å². The number of benzene rings is 2. The van der Waals surface area contributed by atoms with E-state index < -0.39 is 6.10 Å². The summed E-state index contributed by atoms with van der Waals surface area (Å²) < 4.78 is 12.4. The Morgan fingerprint density at radius 2 is 1.84 bits per heavy atom. The summed E-state index contributed by atoms with van der Waals surface area (Å²) in [5.74, 6) is 1.20. The molecule has 1 N–H and O–H groups in total. The Morgan fingerprint density at radius 3 is 2.48 bits per heavy atom. The smallest absolute Gasteiger partial charge is 0.161 e. The van der Waals surface area contributed by atoms with E-state index in [0.29, 0.717) is 17.1 Å². The van der Waals surface area contributed by atoms with E-state index in [1.54, 1.807) is 38.9 Å². The van der Waals surface area contributed by atoms with Gasteiger partial charge in [-0.05, 0) is 23.3 Å². The molecule has 0 saturated heterocycles. The van der Waals surface area contributed by atoms with Crippen LogP contribution in [0.1, 0.15) is 17.2 Å². The van der Waals surface area contributed by atoms with E-state index in [4.69, 9.17) is 9.47 Å². The highest BCUT2D eigenvalue weighted by Gasteiger charge is 2.18. The van der Waals surface area contributed by atoms with Gasteiger partial charge >= 0.3 is 0 Å². The number of aromatic nitrogens is 2. The maximum absolute atomic E-state index is 11.0. The van der Waals surface area contributed by atoms with Crippen LogP contribution in [0.15, 0.2) is 67.3 Å². The quantitative estimate of drug-likeness (QED) is 0.747. The molecule has 0 aliphatic heterocycles. The third-order valence-electron chi connectivity index (χ3n) is 3.94. The van der Waals surface area contributed by atoms with Gasteiger partial charge in [-0.1, -0.05) is 36.4 Å². The van der Waals surface area contributed by atoms with E-state index in [1.165, 1.54) is 0 Å². The standard InChI is InChI=1S/C20H20N2O3/c1-24-18-9-8-16(12-19(18)25-2)20(23)17(13-22-11-10-21-14-22)15-6-4-3-5-7-15/h3-14,20,23H,1-2H3/b17-13-. The Kier molecular flexibility index (Phi) is 5.16. The largest absolute Gasteiger partial charge is 0.493 e. The number of hydrogen-bond donors (Lipinski definition) is 1. The second-order valence-corrected chi connectivity index (χ2v) is 5.48. The Balaban J connectivity index is 2.04. The molecule has 0 amide bonds. The van der Waals surface area contributed by atoms with Crippen LogP contribution in [0.25, 0.3) is 11.8 Å². The molecule has 3 rings (SSSR count). The van der Waals surface area contributed by atoms with Gasteiger partial charge in [-0.3, -0.25) is 0 Å². The number of rotatable bonds is 6. The molecular weight excluding hydrogens is 316 g/mol. The van der Waals surface area contributed by atoms with Gasteiger partial charge in [0.25, 0.3) is 0 Å². The van der Waals surface area contributed by atoms with E-state index in [0.717, 1.165) is 11.1 Å².